The number of hydrogen-bond acceptors (Lipinski definition) is 4. The Morgan fingerprint density at radius 3 is 3.07 bits per heavy atom. The number of esters is 1. The Labute approximate surface area is 85.7 Å². The summed E-state index contributed by atoms with van der Waals surface area (Å²) < 4.78 is 4.85. The third kappa shape index (κ3) is 1.74. The van der Waals surface area contributed by atoms with E-state index >= 15 is 0 Å². The Bertz CT molecular complexity index is 446. The lowest BCUT2D eigenvalue weighted by molar-refractivity contribution is 0.0520. The minimum atomic E-state index is -0.476. The first-order chi connectivity index (χ1) is 7.33. The number of aromatic amines is 2. The summed E-state index contributed by atoms with van der Waals surface area (Å²) in [6.07, 6.45) is 1.75. The number of nitrogens with one attached hydrogen (secondary N) is 2. The van der Waals surface area contributed by atoms with Crippen LogP contribution in [0.1, 0.15) is 17.4 Å². The summed E-state index contributed by atoms with van der Waals surface area (Å²) in [5, 5.41) is 10.1. The predicted octanol–water partition coefficient (Wildman–Crippen LogP) is 0.976. The fraction of sp³-hybridized carbons (Fsp3) is 0.222. The van der Waals surface area contributed by atoms with Gasteiger partial charge in [0.1, 0.15) is 5.69 Å². The first-order valence-corrected chi connectivity index (χ1v) is 4.54. The second-order valence-electron chi connectivity index (χ2n) is 2.83. The summed E-state index contributed by atoms with van der Waals surface area (Å²) in [6, 6.07) is 3.62. The van der Waals surface area contributed by atoms with Crippen LogP contribution >= 0.6 is 0 Å². The minimum absolute atomic E-state index is 0.194. The molecule has 0 spiro atoms. The van der Waals surface area contributed by atoms with Gasteiger partial charge in [-0.05, 0) is 19.1 Å². The van der Waals surface area contributed by atoms with E-state index in [0.717, 1.165) is 5.69 Å². The van der Waals surface area contributed by atoms with Crippen LogP contribution in [0.15, 0.2) is 18.3 Å². The SMILES string of the molecule is CCOC(=O)c1n[nH]nc1-c1ccc[nH]1. The van der Waals surface area contributed by atoms with Gasteiger partial charge in [0, 0.05) is 6.20 Å². The average Bonchev–Trinajstić information content (AvgIpc) is 2.88. The first kappa shape index (κ1) is 9.45. The lowest BCUT2D eigenvalue weighted by Crippen LogP contribution is -2.06. The summed E-state index contributed by atoms with van der Waals surface area (Å²) in [5.41, 5.74) is 1.39. The van der Waals surface area contributed by atoms with Gasteiger partial charge in [0.05, 0.1) is 12.3 Å². The minimum Gasteiger partial charge on any atom is -0.461 e. The molecule has 0 aliphatic heterocycles. The molecule has 0 amide bonds. The van der Waals surface area contributed by atoms with Crippen LogP contribution in [0.3, 0.4) is 0 Å². The number of carbonyl (C=O) groups is 1. The van der Waals surface area contributed by atoms with Crippen LogP contribution in [0.25, 0.3) is 11.4 Å². The largest absolute Gasteiger partial charge is 0.461 e. The Morgan fingerprint density at radius 2 is 2.40 bits per heavy atom. The molecule has 0 aromatic carbocycles. The van der Waals surface area contributed by atoms with Crippen LogP contribution < -0.4 is 0 Å². The zero-order chi connectivity index (χ0) is 10.7. The van der Waals surface area contributed by atoms with Gasteiger partial charge < -0.3 is 9.72 Å². The molecule has 0 saturated heterocycles. The highest BCUT2D eigenvalue weighted by atomic mass is 16.5. The van der Waals surface area contributed by atoms with E-state index in [9.17, 15) is 4.79 Å². The molecule has 0 radical (unpaired) electrons. The van der Waals surface area contributed by atoms with Crippen molar-refractivity contribution in [3.8, 4) is 11.4 Å². The molecule has 2 N–H and O–H groups in total. The van der Waals surface area contributed by atoms with Gasteiger partial charge in [-0.15, -0.1) is 5.10 Å². The molecule has 0 unspecified atom stereocenters. The highest BCUT2D eigenvalue weighted by Crippen LogP contribution is 2.17. The molecular weight excluding hydrogens is 196 g/mol. The van der Waals surface area contributed by atoms with Gasteiger partial charge in [-0.1, -0.05) is 0 Å². The van der Waals surface area contributed by atoms with Crippen molar-refractivity contribution in [3.05, 3.63) is 24.0 Å². The number of H-pyrrole nitrogens is 2. The standard InChI is InChI=1S/C9H10N4O2/c1-2-15-9(14)8-7(11-13-12-8)6-4-3-5-10-6/h3-5,10H,2H2,1H3,(H,11,12,13). The number of aromatic nitrogens is 4. The van der Waals surface area contributed by atoms with E-state index in [-0.39, 0.29) is 5.69 Å². The summed E-state index contributed by atoms with van der Waals surface area (Å²) in [4.78, 5) is 14.4. The van der Waals surface area contributed by atoms with Crippen molar-refractivity contribution in [2.45, 2.75) is 6.92 Å². The molecule has 0 bridgehead atoms. The first-order valence-electron chi connectivity index (χ1n) is 4.54. The van der Waals surface area contributed by atoms with Crippen molar-refractivity contribution in [1.29, 1.82) is 0 Å². The Morgan fingerprint density at radius 1 is 1.53 bits per heavy atom. The maximum atomic E-state index is 11.5. The molecule has 6 nitrogen and oxygen atoms in total. The van der Waals surface area contributed by atoms with Crippen LogP contribution in [-0.2, 0) is 4.74 Å². The molecule has 2 aromatic rings. The molecule has 0 saturated carbocycles. The van der Waals surface area contributed by atoms with Gasteiger partial charge in [-0.25, -0.2) is 4.79 Å². The molecule has 78 valence electrons. The maximum absolute atomic E-state index is 11.5. The normalized spacial score (nSPS) is 10.2. The van der Waals surface area contributed by atoms with E-state index in [1.165, 1.54) is 0 Å². The molecule has 0 atom stereocenters. The molecule has 0 fully saturated rings. The lowest BCUT2D eigenvalue weighted by atomic mass is 10.2. The molecular formula is C9H10N4O2. The van der Waals surface area contributed by atoms with Gasteiger partial charge in [0.25, 0.3) is 0 Å². The molecule has 2 rings (SSSR count). The molecule has 15 heavy (non-hydrogen) atoms. The van der Waals surface area contributed by atoms with Crippen LogP contribution in [0.2, 0.25) is 0 Å². The van der Waals surface area contributed by atoms with Gasteiger partial charge in [0.2, 0.25) is 0 Å². The van der Waals surface area contributed by atoms with Crippen molar-refractivity contribution in [2.75, 3.05) is 6.61 Å². The lowest BCUT2D eigenvalue weighted by Gasteiger charge is -1.98. The Kier molecular flexibility index (Phi) is 2.49. The molecule has 2 heterocycles. The molecule has 0 aliphatic carbocycles. The van der Waals surface area contributed by atoms with Crippen LogP contribution in [-0.4, -0.2) is 33.0 Å². The van der Waals surface area contributed by atoms with Crippen molar-refractivity contribution in [2.24, 2.45) is 0 Å². The molecule has 2 aromatic heterocycles. The average molecular weight is 206 g/mol. The van der Waals surface area contributed by atoms with E-state index in [1.807, 2.05) is 6.07 Å². The number of ether oxygens (including phenoxy) is 1. The van der Waals surface area contributed by atoms with Crippen LogP contribution in [0.4, 0.5) is 0 Å². The predicted molar refractivity (Wildman–Crippen MR) is 52.1 cm³/mol. The summed E-state index contributed by atoms with van der Waals surface area (Å²) in [6.45, 7) is 2.06. The smallest absolute Gasteiger partial charge is 0.361 e. The van der Waals surface area contributed by atoms with Crippen LogP contribution in [0, 0.1) is 0 Å². The number of nitrogens with zero attached hydrogens (tertiary/aromatic N) is 2. The second kappa shape index (κ2) is 3.95. The van der Waals surface area contributed by atoms with E-state index in [1.54, 1.807) is 19.2 Å². The highest BCUT2D eigenvalue weighted by Gasteiger charge is 2.19. The van der Waals surface area contributed by atoms with E-state index < -0.39 is 5.97 Å². The fourth-order valence-electron chi connectivity index (χ4n) is 1.24. The summed E-state index contributed by atoms with van der Waals surface area (Å²) in [5.74, 6) is -0.476. The fourth-order valence-corrected chi connectivity index (χ4v) is 1.24. The number of rotatable bonds is 3. The quantitative estimate of drug-likeness (QED) is 0.733. The molecule has 0 aliphatic rings. The van der Waals surface area contributed by atoms with Crippen LogP contribution in [0.5, 0.6) is 0 Å². The van der Waals surface area contributed by atoms with E-state index in [4.69, 9.17) is 4.74 Å². The monoisotopic (exact) mass is 206 g/mol. The summed E-state index contributed by atoms with van der Waals surface area (Å²) in [7, 11) is 0. The van der Waals surface area contributed by atoms with Gasteiger partial charge >= 0.3 is 5.97 Å². The topological polar surface area (TPSA) is 83.7 Å². The maximum Gasteiger partial charge on any atom is 0.361 e. The Hall–Kier alpha value is -2.11. The van der Waals surface area contributed by atoms with Gasteiger partial charge in [-0.2, -0.15) is 10.3 Å². The molecule has 6 heteroatoms. The third-order valence-corrected chi connectivity index (χ3v) is 1.87. The summed E-state index contributed by atoms with van der Waals surface area (Å²) >= 11 is 0. The Balaban J connectivity index is 2.34. The van der Waals surface area contributed by atoms with Gasteiger partial charge in [0.15, 0.2) is 5.69 Å². The highest BCUT2D eigenvalue weighted by molar-refractivity contribution is 5.93. The van der Waals surface area contributed by atoms with Crippen molar-refractivity contribution < 1.29 is 9.53 Å². The van der Waals surface area contributed by atoms with Crippen molar-refractivity contribution in [3.63, 3.8) is 0 Å². The van der Waals surface area contributed by atoms with Crippen molar-refractivity contribution in [1.82, 2.24) is 20.4 Å². The number of hydrogen-bond donors (Lipinski definition) is 2. The third-order valence-electron chi connectivity index (χ3n) is 1.87. The van der Waals surface area contributed by atoms with Gasteiger partial charge in [-0.3, -0.25) is 0 Å². The van der Waals surface area contributed by atoms with E-state index in [0.29, 0.717) is 12.3 Å². The van der Waals surface area contributed by atoms with Crippen molar-refractivity contribution >= 4 is 5.97 Å². The second-order valence-corrected chi connectivity index (χ2v) is 2.83. The zero-order valence-corrected chi connectivity index (χ0v) is 8.15. The number of carbonyl (C=O) groups excluding carboxylic acids is 1. The zero-order valence-electron chi connectivity index (χ0n) is 8.15. The van der Waals surface area contributed by atoms with E-state index in [2.05, 4.69) is 20.4 Å².